The Hall–Kier alpha value is 0.327. The fraction of sp³-hybridized carbons (Fsp3) is 1.00. The molecule has 0 aliphatic rings. The number of hydrogen-bond donors (Lipinski definition) is 0. The van der Waals surface area contributed by atoms with Crippen molar-refractivity contribution < 1.29 is 50.8 Å². The molecule has 0 saturated heterocycles. The van der Waals surface area contributed by atoms with Crippen LogP contribution in [0.2, 0.25) is 0 Å². The van der Waals surface area contributed by atoms with E-state index in [2.05, 4.69) is 0 Å². The molecule has 11 heavy (non-hydrogen) atoms. The van der Waals surface area contributed by atoms with Crippen molar-refractivity contribution in [3.05, 3.63) is 0 Å². The molecule has 0 aromatic carbocycles. The van der Waals surface area contributed by atoms with Crippen molar-refractivity contribution in [3.8, 4) is 0 Å². The summed E-state index contributed by atoms with van der Waals surface area (Å²) < 4.78 is 74.9. The molecule has 0 fully saturated rings. The van der Waals surface area contributed by atoms with Gasteiger partial charge in [-0.15, -0.1) is 0 Å². The Balaban J connectivity index is -0.000000405. The van der Waals surface area contributed by atoms with Gasteiger partial charge in [0.15, 0.2) is 0 Å². The van der Waals surface area contributed by atoms with E-state index in [1.165, 1.54) is 0 Å². The average molecular weight is 194 g/mol. The van der Waals surface area contributed by atoms with Crippen LogP contribution in [0.25, 0.3) is 0 Å². The van der Waals surface area contributed by atoms with Crippen molar-refractivity contribution in [1.29, 1.82) is 0 Å². The van der Waals surface area contributed by atoms with E-state index in [1.807, 2.05) is 0 Å². The third-order valence-corrected chi connectivity index (χ3v) is 1.26. The fourth-order valence-corrected chi connectivity index (χ4v) is 0.394. The minimum absolute atomic E-state index is 0. The molecule has 64 valence electrons. The Labute approximate surface area is 73.3 Å². The molecule has 1 nitrogen and oxygen atoms in total. The van der Waals surface area contributed by atoms with Crippen LogP contribution in [0.1, 0.15) is 1.43 Å². The minimum Gasteiger partial charge on any atom is -1.00 e. The van der Waals surface area contributed by atoms with E-state index in [0.717, 1.165) is 0 Å². The first-order chi connectivity index (χ1) is 4.15. The van der Waals surface area contributed by atoms with Crippen LogP contribution >= 0.6 is 0 Å². The Morgan fingerprint density at radius 3 is 1.09 bits per heavy atom. The summed E-state index contributed by atoms with van der Waals surface area (Å²) in [6.45, 7) is 0. The number of halogens is 6. The summed E-state index contributed by atoms with van der Waals surface area (Å²) in [5.74, 6) is 0. The van der Waals surface area contributed by atoms with E-state index in [0.29, 0.717) is 0 Å². The van der Waals surface area contributed by atoms with Gasteiger partial charge < -0.3 is 1.43 Å². The van der Waals surface area contributed by atoms with Gasteiger partial charge in [0.1, 0.15) is 0 Å². The van der Waals surface area contributed by atoms with Gasteiger partial charge in [0, 0.05) is 0 Å². The molecule has 0 N–H and O–H groups in total. The van der Waals surface area contributed by atoms with Crippen LogP contribution in [0.5, 0.6) is 0 Å². The SMILES string of the molecule is O=S(C(F)(F)F)C(F)(F)F.[H-].[Li+]. The molecule has 0 aromatic heterocycles. The Kier molecular flexibility index (Phi) is 4.83. The number of rotatable bonds is 0. The van der Waals surface area contributed by atoms with Gasteiger partial charge in [-0.1, -0.05) is 0 Å². The summed E-state index contributed by atoms with van der Waals surface area (Å²) in [6.07, 6.45) is 0. The topological polar surface area (TPSA) is 17.1 Å². The normalized spacial score (nSPS) is 13.0. The molecule has 0 unspecified atom stereocenters. The maximum absolute atomic E-state index is 10.9. The van der Waals surface area contributed by atoms with Gasteiger partial charge in [-0.2, -0.15) is 26.3 Å². The maximum Gasteiger partial charge on any atom is 1.00 e. The van der Waals surface area contributed by atoms with E-state index < -0.39 is 21.8 Å². The van der Waals surface area contributed by atoms with Gasteiger partial charge in [-0.3, -0.25) is 0 Å². The molecular weight excluding hydrogens is 193 g/mol. The molecule has 0 saturated carbocycles. The van der Waals surface area contributed by atoms with Crippen molar-refractivity contribution in [2.24, 2.45) is 0 Å². The summed E-state index contributed by atoms with van der Waals surface area (Å²) in [5.41, 5.74) is -11.4. The van der Waals surface area contributed by atoms with Gasteiger partial charge in [0.05, 0.1) is 0 Å². The Morgan fingerprint density at radius 1 is 0.909 bits per heavy atom. The molecule has 0 aromatic rings. The number of alkyl halides is 6. The quantitative estimate of drug-likeness (QED) is 0.353. The second kappa shape index (κ2) is 3.82. The van der Waals surface area contributed by atoms with E-state index in [9.17, 15) is 30.6 Å². The second-order valence-corrected chi connectivity index (χ2v) is 2.62. The van der Waals surface area contributed by atoms with Crippen molar-refractivity contribution in [1.82, 2.24) is 0 Å². The minimum atomic E-state index is -5.71. The molecule has 0 aliphatic heterocycles. The first-order valence-corrected chi connectivity index (χ1v) is 2.86. The van der Waals surface area contributed by atoms with Gasteiger partial charge >= 0.3 is 29.9 Å². The first kappa shape index (κ1) is 13.9. The fourth-order valence-electron chi connectivity index (χ4n) is 0.131. The molecule has 0 atom stereocenters. The molecule has 0 aliphatic carbocycles. The molecule has 0 rings (SSSR count). The molecule has 0 heterocycles. The van der Waals surface area contributed by atoms with Crippen LogP contribution in [-0.4, -0.2) is 15.2 Å². The smallest absolute Gasteiger partial charge is 1.00 e. The maximum atomic E-state index is 10.9. The molecular formula is C2HF6LiOS. The van der Waals surface area contributed by atoms with E-state index >= 15 is 0 Å². The second-order valence-electron chi connectivity index (χ2n) is 1.16. The predicted octanol–water partition coefficient (Wildman–Crippen LogP) is -1.11. The van der Waals surface area contributed by atoms with Crippen LogP contribution in [0.15, 0.2) is 0 Å². The molecule has 0 amide bonds. The zero-order valence-corrected chi connectivity index (χ0v) is 5.90. The van der Waals surface area contributed by atoms with Gasteiger partial charge in [-0.05, 0) is 0 Å². The third-order valence-electron chi connectivity index (χ3n) is 0.420. The van der Waals surface area contributed by atoms with Crippen LogP contribution < -0.4 is 18.9 Å². The summed E-state index contributed by atoms with van der Waals surface area (Å²) >= 11 is 0. The summed E-state index contributed by atoms with van der Waals surface area (Å²) in [4.78, 5) is 0. The van der Waals surface area contributed by atoms with Crippen molar-refractivity contribution in [3.63, 3.8) is 0 Å². The molecule has 0 bridgehead atoms. The Morgan fingerprint density at radius 2 is 1.09 bits per heavy atom. The predicted molar refractivity (Wildman–Crippen MR) is 21.4 cm³/mol. The summed E-state index contributed by atoms with van der Waals surface area (Å²) in [7, 11) is -4.75. The molecule has 0 spiro atoms. The first-order valence-electron chi connectivity index (χ1n) is 1.71. The molecule has 0 radical (unpaired) electrons. The largest absolute Gasteiger partial charge is 1.00 e. The summed E-state index contributed by atoms with van der Waals surface area (Å²) in [5, 5.41) is 0. The monoisotopic (exact) mass is 194 g/mol. The van der Waals surface area contributed by atoms with E-state index in [4.69, 9.17) is 0 Å². The van der Waals surface area contributed by atoms with E-state index in [-0.39, 0.29) is 20.3 Å². The average Bonchev–Trinajstić information content (AvgIpc) is 1.59. The van der Waals surface area contributed by atoms with Gasteiger partial charge in [-0.25, -0.2) is 4.21 Å². The van der Waals surface area contributed by atoms with Crippen LogP contribution in [0, 0.1) is 0 Å². The van der Waals surface area contributed by atoms with E-state index in [1.54, 1.807) is 0 Å². The molecule has 9 heteroatoms. The van der Waals surface area contributed by atoms with Crippen LogP contribution in [0.4, 0.5) is 26.3 Å². The van der Waals surface area contributed by atoms with Crippen LogP contribution in [-0.2, 0) is 10.8 Å². The van der Waals surface area contributed by atoms with Crippen molar-refractivity contribution in [2.75, 3.05) is 0 Å². The number of hydrogen-bond acceptors (Lipinski definition) is 1. The van der Waals surface area contributed by atoms with Crippen LogP contribution in [0.3, 0.4) is 0 Å². The summed E-state index contributed by atoms with van der Waals surface area (Å²) in [6, 6.07) is 0. The zero-order valence-electron chi connectivity index (χ0n) is 6.08. The van der Waals surface area contributed by atoms with Gasteiger partial charge in [0.2, 0.25) is 10.8 Å². The van der Waals surface area contributed by atoms with Gasteiger partial charge in [0.25, 0.3) is 0 Å². The van der Waals surface area contributed by atoms with Crippen molar-refractivity contribution >= 4 is 10.8 Å². The third kappa shape index (κ3) is 4.71. The van der Waals surface area contributed by atoms with Crippen molar-refractivity contribution in [2.45, 2.75) is 11.0 Å². The zero-order chi connectivity index (χ0) is 8.58. The standard InChI is InChI=1S/C2F6OS.Li.H/c3-1(4,5)10(9)2(6,7)8;;/q;+1;-1. The Bertz CT molecular complexity index is 137.